The third kappa shape index (κ3) is 2.72. The molecule has 0 aromatic heterocycles. The van der Waals surface area contributed by atoms with Crippen LogP contribution < -0.4 is 10.1 Å². The molecule has 1 aliphatic carbocycles. The number of hydrogen-bond acceptors (Lipinski definition) is 3. The molecule has 0 saturated heterocycles. The van der Waals surface area contributed by atoms with Crippen molar-refractivity contribution in [3.05, 3.63) is 57.9 Å². The molecule has 2 aromatic carbocycles. The summed E-state index contributed by atoms with van der Waals surface area (Å²) in [6.45, 7) is 1.01. The van der Waals surface area contributed by atoms with Crippen LogP contribution in [0.3, 0.4) is 0 Å². The van der Waals surface area contributed by atoms with E-state index in [-0.39, 0.29) is 11.0 Å². The zero-order valence-corrected chi connectivity index (χ0v) is 14.2. The zero-order chi connectivity index (χ0) is 17.6. The molecule has 0 radical (unpaired) electrons. The number of benzene rings is 2. The Bertz CT molecular complexity index is 870. The van der Waals surface area contributed by atoms with Crippen LogP contribution in [0.15, 0.2) is 30.3 Å². The molecule has 1 unspecified atom stereocenters. The van der Waals surface area contributed by atoms with Gasteiger partial charge in [0.05, 0.1) is 17.9 Å². The average molecular weight is 362 g/mol. The molecule has 2 aliphatic rings. The van der Waals surface area contributed by atoms with Crippen LogP contribution in [0.5, 0.6) is 5.75 Å². The first-order valence-electron chi connectivity index (χ1n) is 8.21. The van der Waals surface area contributed by atoms with Gasteiger partial charge in [0.25, 0.3) is 0 Å². The number of halogens is 2. The first-order valence-corrected chi connectivity index (χ1v) is 8.59. The fraction of sp³-hybridized carbons (Fsp3) is 0.316. The number of fused-ring (bicyclic) bond motifs is 3. The Morgan fingerprint density at radius 1 is 1.32 bits per heavy atom. The topological polar surface area (TPSA) is 58.6 Å². The minimum Gasteiger partial charge on any atom is -0.490 e. The maximum absolute atomic E-state index is 14.0. The number of aryl methyl sites for hydroxylation is 1. The number of rotatable bonds is 1. The number of ether oxygens (including phenoxy) is 1. The van der Waals surface area contributed by atoms with Crippen molar-refractivity contribution in [2.24, 2.45) is 0 Å². The van der Waals surface area contributed by atoms with Crippen molar-refractivity contribution < 1.29 is 19.0 Å². The molecule has 25 heavy (non-hydrogen) atoms. The molecule has 1 heterocycles. The molecule has 1 spiro atoms. The van der Waals surface area contributed by atoms with Crippen LogP contribution in [-0.2, 0) is 11.8 Å². The van der Waals surface area contributed by atoms with Crippen LogP contribution >= 0.6 is 11.6 Å². The molecule has 1 aliphatic heterocycles. The lowest BCUT2D eigenvalue weighted by atomic mass is 9.70. The molecule has 6 heteroatoms. The second kappa shape index (κ2) is 5.92. The zero-order valence-electron chi connectivity index (χ0n) is 13.4. The fourth-order valence-electron chi connectivity index (χ4n) is 3.88. The van der Waals surface area contributed by atoms with Gasteiger partial charge < -0.3 is 15.2 Å². The predicted molar refractivity (Wildman–Crippen MR) is 93.4 cm³/mol. The molecule has 0 amide bonds. The van der Waals surface area contributed by atoms with Crippen molar-refractivity contribution in [1.29, 1.82) is 0 Å². The van der Waals surface area contributed by atoms with Gasteiger partial charge in [-0.15, -0.1) is 0 Å². The van der Waals surface area contributed by atoms with Gasteiger partial charge in [-0.1, -0.05) is 17.7 Å². The normalized spacial score (nSPS) is 21.5. The average Bonchev–Trinajstić information content (AvgIpc) is 2.74. The summed E-state index contributed by atoms with van der Waals surface area (Å²) < 4.78 is 19.9. The molecule has 0 bridgehead atoms. The minimum absolute atomic E-state index is 0.239. The van der Waals surface area contributed by atoms with Gasteiger partial charge in [-0.25, -0.2) is 9.18 Å². The van der Waals surface area contributed by atoms with E-state index in [0.717, 1.165) is 30.4 Å². The summed E-state index contributed by atoms with van der Waals surface area (Å²) in [5.74, 6) is -1.74. The highest BCUT2D eigenvalue weighted by Gasteiger charge is 2.39. The number of carboxylic acids is 1. The quantitative estimate of drug-likeness (QED) is 0.797. The molecule has 2 aromatic rings. The Labute approximate surface area is 149 Å². The number of anilines is 1. The van der Waals surface area contributed by atoms with E-state index in [9.17, 15) is 9.18 Å². The van der Waals surface area contributed by atoms with Crippen LogP contribution in [0.25, 0.3) is 0 Å². The molecule has 1 atom stereocenters. The van der Waals surface area contributed by atoms with Crippen LogP contribution in [0, 0.1) is 5.82 Å². The summed E-state index contributed by atoms with van der Waals surface area (Å²) >= 11 is 6.13. The second-order valence-electron chi connectivity index (χ2n) is 6.71. The Balaban J connectivity index is 1.72. The third-order valence-electron chi connectivity index (χ3n) is 5.16. The SMILES string of the molecule is O=C(O)c1cc2c(cc1F)OCC1(CCCc3cc(Cl)ccc31)CN2. The Morgan fingerprint density at radius 3 is 2.96 bits per heavy atom. The van der Waals surface area contributed by atoms with Gasteiger partial charge in [0.1, 0.15) is 11.6 Å². The number of carbonyl (C=O) groups is 1. The van der Waals surface area contributed by atoms with E-state index in [0.29, 0.717) is 24.6 Å². The van der Waals surface area contributed by atoms with E-state index in [1.54, 1.807) is 0 Å². The highest BCUT2D eigenvalue weighted by atomic mass is 35.5. The summed E-state index contributed by atoms with van der Waals surface area (Å²) in [7, 11) is 0. The standard InChI is InChI=1S/C19H17ClFNO3/c20-12-3-4-14-11(6-12)2-1-5-19(14)9-22-16-7-13(18(23)24)15(21)8-17(16)25-10-19/h3-4,6-8,22H,1-2,5,9-10H2,(H,23,24). The molecule has 4 nitrogen and oxygen atoms in total. The van der Waals surface area contributed by atoms with Crippen LogP contribution in [0.1, 0.15) is 34.3 Å². The van der Waals surface area contributed by atoms with Gasteiger partial charge in [-0.05, 0) is 48.6 Å². The fourth-order valence-corrected chi connectivity index (χ4v) is 4.07. The molecular weight excluding hydrogens is 345 g/mol. The van der Waals surface area contributed by atoms with Gasteiger partial charge in [0, 0.05) is 23.0 Å². The Hall–Kier alpha value is -2.27. The molecule has 0 fully saturated rings. The minimum atomic E-state index is -1.29. The van der Waals surface area contributed by atoms with Gasteiger partial charge in [0.15, 0.2) is 0 Å². The number of aromatic carboxylic acids is 1. The van der Waals surface area contributed by atoms with Crippen LogP contribution in [0.2, 0.25) is 5.02 Å². The summed E-state index contributed by atoms with van der Waals surface area (Å²) in [5, 5.41) is 13.1. The van der Waals surface area contributed by atoms with E-state index in [4.69, 9.17) is 21.4 Å². The van der Waals surface area contributed by atoms with Crippen molar-refractivity contribution in [1.82, 2.24) is 0 Å². The number of carboxylic acid groups (broad SMARTS) is 1. The first kappa shape index (κ1) is 16.2. The highest BCUT2D eigenvalue weighted by Crippen LogP contribution is 2.42. The maximum atomic E-state index is 14.0. The maximum Gasteiger partial charge on any atom is 0.338 e. The molecule has 0 saturated carbocycles. The Kier molecular flexibility index (Phi) is 3.84. The summed E-state index contributed by atoms with van der Waals surface area (Å²) in [4.78, 5) is 11.2. The smallest absolute Gasteiger partial charge is 0.338 e. The summed E-state index contributed by atoms with van der Waals surface area (Å²) in [6.07, 6.45) is 2.93. The lowest BCUT2D eigenvalue weighted by Gasteiger charge is -2.37. The second-order valence-corrected chi connectivity index (χ2v) is 7.15. The van der Waals surface area contributed by atoms with Crippen LogP contribution in [-0.4, -0.2) is 24.2 Å². The third-order valence-corrected chi connectivity index (χ3v) is 5.40. The van der Waals surface area contributed by atoms with Gasteiger partial charge >= 0.3 is 5.97 Å². The lowest BCUT2D eigenvalue weighted by molar-refractivity contribution is 0.0692. The molecule has 4 rings (SSSR count). The monoisotopic (exact) mass is 361 g/mol. The van der Waals surface area contributed by atoms with Crippen molar-refractivity contribution in [2.75, 3.05) is 18.5 Å². The van der Waals surface area contributed by atoms with Crippen molar-refractivity contribution >= 4 is 23.3 Å². The van der Waals surface area contributed by atoms with E-state index in [2.05, 4.69) is 5.32 Å². The predicted octanol–water partition coefficient (Wildman–Crippen LogP) is 4.26. The largest absolute Gasteiger partial charge is 0.490 e. The molecule has 130 valence electrons. The van der Waals surface area contributed by atoms with E-state index in [1.165, 1.54) is 17.2 Å². The van der Waals surface area contributed by atoms with E-state index >= 15 is 0 Å². The number of hydrogen-bond donors (Lipinski definition) is 2. The summed E-state index contributed by atoms with van der Waals surface area (Å²) in [5.41, 5.74) is 2.32. The van der Waals surface area contributed by atoms with Gasteiger partial charge in [-0.2, -0.15) is 0 Å². The molecular formula is C19H17ClFNO3. The van der Waals surface area contributed by atoms with E-state index < -0.39 is 11.8 Å². The molecule has 2 N–H and O–H groups in total. The number of nitrogens with one attached hydrogen (secondary N) is 1. The lowest BCUT2D eigenvalue weighted by Crippen LogP contribution is -2.41. The van der Waals surface area contributed by atoms with Gasteiger partial charge in [0.2, 0.25) is 0 Å². The van der Waals surface area contributed by atoms with Crippen LogP contribution in [0.4, 0.5) is 10.1 Å². The Morgan fingerprint density at radius 2 is 2.16 bits per heavy atom. The van der Waals surface area contributed by atoms with Crippen molar-refractivity contribution in [2.45, 2.75) is 24.7 Å². The van der Waals surface area contributed by atoms with Gasteiger partial charge in [-0.3, -0.25) is 0 Å². The van der Waals surface area contributed by atoms with E-state index in [1.807, 2.05) is 18.2 Å². The first-order chi connectivity index (χ1) is 12.0. The highest BCUT2D eigenvalue weighted by molar-refractivity contribution is 6.30. The summed E-state index contributed by atoms with van der Waals surface area (Å²) in [6, 6.07) is 8.38. The van der Waals surface area contributed by atoms with Crippen molar-refractivity contribution in [3.63, 3.8) is 0 Å². The van der Waals surface area contributed by atoms with Crippen molar-refractivity contribution in [3.8, 4) is 5.75 Å².